The van der Waals surface area contributed by atoms with Crippen LogP contribution in [-0.2, 0) is 38.9 Å². The number of hydrogen-bond acceptors (Lipinski definition) is 10. The van der Waals surface area contributed by atoms with E-state index in [1.807, 2.05) is 9.97 Å². The fourth-order valence-electron chi connectivity index (χ4n) is 3.42. The van der Waals surface area contributed by atoms with E-state index in [1.54, 1.807) is 6.92 Å². The Bertz CT molecular complexity index is 1070. The van der Waals surface area contributed by atoms with Gasteiger partial charge in [0.25, 0.3) is 0 Å². The summed E-state index contributed by atoms with van der Waals surface area (Å²) in [7, 11) is 0. The number of nitrogens with zero attached hydrogens (tertiary/aromatic N) is 1. The summed E-state index contributed by atoms with van der Waals surface area (Å²) in [6.45, 7) is 11.2. The third-order valence-corrected chi connectivity index (χ3v) is 5.28. The van der Waals surface area contributed by atoms with Crippen molar-refractivity contribution in [2.24, 2.45) is 0 Å². The van der Waals surface area contributed by atoms with Crippen molar-refractivity contribution in [3.05, 3.63) is 69.4 Å². The number of esters is 3. The minimum absolute atomic E-state index is 0.0954. The van der Waals surface area contributed by atoms with Crippen LogP contribution < -0.4 is 17.1 Å². The first-order chi connectivity index (χ1) is 17.6. The number of carbonyl (C=O) groups is 3. The Morgan fingerprint density at radius 1 is 0.865 bits per heavy atom. The molecule has 13 nitrogen and oxygen atoms in total. The number of aromatic amines is 2. The van der Waals surface area contributed by atoms with Gasteiger partial charge in [-0.3, -0.25) is 9.97 Å². The van der Waals surface area contributed by atoms with Gasteiger partial charge < -0.3 is 18.9 Å². The maximum Gasteiger partial charge on any atom is 0.334 e. The molecule has 0 aliphatic rings. The van der Waals surface area contributed by atoms with E-state index >= 15 is 0 Å². The van der Waals surface area contributed by atoms with Gasteiger partial charge in [0.2, 0.25) is 0 Å². The normalized spacial score (nSPS) is 11.7. The lowest BCUT2D eigenvalue weighted by molar-refractivity contribution is -0.143. The van der Waals surface area contributed by atoms with Crippen LogP contribution in [0.3, 0.4) is 0 Å². The number of rotatable bonds is 18. The Kier molecular flexibility index (Phi) is 13.3. The molecule has 1 unspecified atom stereocenters. The van der Waals surface area contributed by atoms with E-state index in [0.717, 1.165) is 22.8 Å². The lowest BCUT2D eigenvalue weighted by Crippen LogP contribution is -2.56. The van der Waals surface area contributed by atoms with Crippen molar-refractivity contribution in [3.8, 4) is 0 Å². The van der Waals surface area contributed by atoms with E-state index < -0.39 is 40.5 Å². The number of aromatic nitrogens is 3. The Balaban J connectivity index is 3.09. The Labute approximate surface area is 212 Å². The van der Waals surface area contributed by atoms with E-state index in [2.05, 4.69) is 19.7 Å². The first-order valence-electron chi connectivity index (χ1n) is 11.5. The molecule has 0 bridgehead atoms. The van der Waals surface area contributed by atoms with Gasteiger partial charge in [-0.05, 0) is 26.2 Å². The third-order valence-electron chi connectivity index (χ3n) is 5.28. The monoisotopic (exact) mass is 523 g/mol. The van der Waals surface area contributed by atoms with Gasteiger partial charge >= 0.3 is 35.0 Å². The summed E-state index contributed by atoms with van der Waals surface area (Å²) in [5.41, 5.74) is -4.49. The maximum absolute atomic E-state index is 12.7. The lowest BCUT2D eigenvalue weighted by Gasteiger charge is -2.34. The van der Waals surface area contributed by atoms with Crippen LogP contribution in [-0.4, -0.2) is 65.0 Å². The molecule has 1 aromatic rings. The van der Waals surface area contributed by atoms with Gasteiger partial charge in [0.1, 0.15) is 0 Å². The maximum atomic E-state index is 12.7. The zero-order valence-electron chi connectivity index (χ0n) is 20.8. The van der Waals surface area contributed by atoms with Crippen molar-refractivity contribution in [1.29, 1.82) is 0 Å². The van der Waals surface area contributed by atoms with E-state index in [1.165, 1.54) is 0 Å². The molecule has 0 aromatic carbocycles. The number of nitrogens with one attached hydrogen (secondary N) is 2. The molecule has 1 atom stereocenters. The second kappa shape index (κ2) is 15.9. The zero-order valence-corrected chi connectivity index (χ0v) is 20.8. The quantitative estimate of drug-likeness (QED) is 0.119. The van der Waals surface area contributed by atoms with Gasteiger partial charge in [-0.1, -0.05) is 19.7 Å². The fourth-order valence-corrected chi connectivity index (χ4v) is 3.42. The first kappa shape index (κ1) is 31.0. The highest BCUT2D eigenvalue weighted by atomic mass is 16.5. The Hall–Kier alpha value is -4.00. The van der Waals surface area contributed by atoms with Crippen LogP contribution in [0.2, 0.25) is 0 Å². The molecule has 1 rings (SSSR count). The molecule has 0 spiro atoms. The van der Waals surface area contributed by atoms with E-state index in [0.29, 0.717) is 19.3 Å². The number of carbonyl (C=O) groups excluding carboxylic acids is 3. The Morgan fingerprint density at radius 2 is 1.38 bits per heavy atom. The summed E-state index contributed by atoms with van der Waals surface area (Å²) >= 11 is 0. The van der Waals surface area contributed by atoms with E-state index in [-0.39, 0.29) is 45.4 Å². The van der Waals surface area contributed by atoms with Gasteiger partial charge in [0, 0.05) is 37.7 Å². The van der Waals surface area contributed by atoms with Crippen molar-refractivity contribution in [2.45, 2.75) is 50.7 Å². The predicted octanol–water partition coefficient (Wildman–Crippen LogP) is 0.463. The van der Waals surface area contributed by atoms with Crippen LogP contribution in [0.4, 0.5) is 0 Å². The second-order valence-corrected chi connectivity index (χ2v) is 7.99. The van der Waals surface area contributed by atoms with Crippen LogP contribution in [0.25, 0.3) is 0 Å². The number of ether oxygens (including phenoxy) is 4. The molecule has 0 fully saturated rings. The summed E-state index contributed by atoms with van der Waals surface area (Å²) in [5.74, 6) is -1.96. The average Bonchev–Trinajstić information content (AvgIpc) is 2.84. The molecule has 13 heteroatoms. The van der Waals surface area contributed by atoms with Crippen LogP contribution in [0.5, 0.6) is 0 Å². The zero-order chi connectivity index (χ0) is 27.8. The van der Waals surface area contributed by atoms with Crippen LogP contribution >= 0.6 is 0 Å². The van der Waals surface area contributed by atoms with Crippen molar-refractivity contribution in [3.63, 3.8) is 0 Å². The summed E-state index contributed by atoms with van der Waals surface area (Å²) in [6.07, 6.45) is 4.25. The highest BCUT2D eigenvalue weighted by molar-refractivity contribution is 5.81. The second-order valence-electron chi connectivity index (χ2n) is 7.99. The molecule has 2 N–H and O–H groups in total. The first-order valence-corrected chi connectivity index (χ1v) is 11.5. The van der Waals surface area contributed by atoms with Gasteiger partial charge in [-0.25, -0.2) is 33.3 Å². The highest BCUT2D eigenvalue weighted by Gasteiger charge is 2.36. The minimum Gasteiger partial charge on any atom is -0.462 e. The van der Waals surface area contributed by atoms with E-state index in [9.17, 15) is 28.8 Å². The summed E-state index contributed by atoms with van der Waals surface area (Å²) in [6, 6.07) is 0. The molecule has 0 saturated heterocycles. The lowest BCUT2D eigenvalue weighted by atomic mass is 9.92. The number of hydrogen-bond donors (Lipinski definition) is 2. The Morgan fingerprint density at radius 3 is 1.86 bits per heavy atom. The highest BCUT2D eigenvalue weighted by Crippen LogP contribution is 2.24. The fraction of sp³-hybridized carbons (Fsp3) is 0.500. The molecule has 0 aliphatic carbocycles. The molecular weight excluding hydrogens is 490 g/mol. The van der Waals surface area contributed by atoms with Crippen LogP contribution in [0, 0.1) is 0 Å². The number of H-pyrrole nitrogens is 2. The van der Waals surface area contributed by atoms with Gasteiger partial charge in [-0.15, -0.1) is 0 Å². The molecule has 1 heterocycles. The smallest absolute Gasteiger partial charge is 0.334 e. The van der Waals surface area contributed by atoms with E-state index in [4.69, 9.17) is 18.9 Å². The van der Waals surface area contributed by atoms with Gasteiger partial charge in [0.15, 0.2) is 0 Å². The van der Waals surface area contributed by atoms with Gasteiger partial charge in [-0.2, -0.15) is 0 Å². The van der Waals surface area contributed by atoms with Gasteiger partial charge in [0.05, 0.1) is 31.5 Å². The van der Waals surface area contributed by atoms with Crippen molar-refractivity contribution < 1.29 is 33.3 Å². The summed E-state index contributed by atoms with van der Waals surface area (Å²) in [4.78, 5) is 75.3. The minimum atomic E-state index is -1.47. The summed E-state index contributed by atoms with van der Waals surface area (Å²) < 4.78 is 21.8. The predicted molar refractivity (Wildman–Crippen MR) is 132 cm³/mol. The molecule has 204 valence electrons. The van der Waals surface area contributed by atoms with Crippen molar-refractivity contribution in [1.82, 2.24) is 14.5 Å². The topological polar surface area (TPSA) is 176 Å². The SMILES string of the molecule is C=CC(=O)OCCC(CCOC(=O)C=C)(COCCCCC(C)OC(=O)C=C)n1c(=O)[nH]c(=O)[nH]c1=O. The molecule has 37 heavy (non-hydrogen) atoms. The molecule has 0 aliphatic heterocycles. The summed E-state index contributed by atoms with van der Waals surface area (Å²) in [5, 5.41) is 0. The van der Waals surface area contributed by atoms with Crippen molar-refractivity contribution in [2.75, 3.05) is 26.4 Å². The average molecular weight is 524 g/mol. The van der Waals surface area contributed by atoms with Crippen LogP contribution in [0.1, 0.15) is 39.0 Å². The molecule has 1 aromatic heterocycles. The molecule has 0 amide bonds. The molecular formula is C24H33N3O10. The third kappa shape index (κ3) is 10.7. The van der Waals surface area contributed by atoms with Crippen LogP contribution in [0.15, 0.2) is 52.3 Å². The molecule has 0 radical (unpaired) electrons. The molecule has 0 saturated carbocycles. The standard InChI is InChI=1S/C24H33N3O10/c1-5-18(28)35-14-11-24(12-15-36-19(29)6-2,27-22(32)25-21(31)26-23(27)33)16-34-13-9-8-10-17(4)37-20(30)7-3/h5-7,17H,1-3,8-16H2,4H3,(H2,25,26,31,32,33). The largest absolute Gasteiger partial charge is 0.462 e. The van der Waals surface area contributed by atoms with Crippen molar-refractivity contribution >= 4 is 17.9 Å². The number of unbranched alkanes of at least 4 members (excludes halogenated alkanes) is 1.